The van der Waals surface area contributed by atoms with E-state index < -0.39 is 35.1 Å². The summed E-state index contributed by atoms with van der Waals surface area (Å²) in [7, 11) is 0. The largest absolute Gasteiger partial charge is 0.418 e. The molecule has 0 aliphatic heterocycles. The molecule has 0 saturated heterocycles. The molecule has 1 rings (SSSR count). The van der Waals surface area contributed by atoms with Crippen LogP contribution in [0.1, 0.15) is 6.92 Å². The number of carbonyl (C=O) groups is 1. The predicted octanol–water partition coefficient (Wildman–Crippen LogP) is 2.00. The molecule has 0 bridgehead atoms. The number of halogens is 5. The van der Waals surface area contributed by atoms with Gasteiger partial charge in [-0.05, 0) is 19.1 Å². The zero-order valence-corrected chi connectivity index (χ0v) is 7.98. The van der Waals surface area contributed by atoms with Crippen LogP contribution in [0.3, 0.4) is 0 Å². The summed E-state index contributed by atoms with van der Waals surface area (Å²) in [5.41, 5.74) is -5.13. The number of aliphatic hydroxyl groups is 1. The molecule has 1 aliphatic rings. The molecule has 0 unspecified atom stereocenters. The lowest BCUT2D eigenvalue weighted by Gasteiger charge is -2.31. The van der Waals surface area contributed by atoms with E-state index >= 15 is 0 Å². The maximum Gasteiger partial charge on any atom is 0.418 e. The SMILES string of the molecule is CC(=O)[C@@]1(O)C=CC(F)=C(C(F)(F)F)[C@@H]1F. The predicted molar refractivity (Wildman–Crippen MR) is 43.9 cm³/mol. The van der Waals surface area contributed by atoms with Gasteiger partial charge in [-0.3, -0.25) is 4.79 Å². The van der Waals surface area contributed by atoms with Crippen LogP contribution >= 0.6 is 0 Å². The summed E-state index contributed by atoms with van der Waals surface area (Å²) in [5.74, 6) is -3.07. The minimum atomic E-state index is -5.28. The molecule has 0 radical (unpaired) electrons. The fraction of sp³-hybridized carbons (Fsp3) is 0.444. The third-order valence-corrected chi connectivity index (χ3v) is 2.25. The summed E-state index contributed by atoms with van der Waals surface area (Å²) in [6, 6.07) is 0. The number of alkyl halides is 4. The van der Waals surface area contributed by atoms with Crippen LogP contribution in [0.15, 0.2) is 23.6 Å². The van der Waals surface area contributed by atoms with Gasteiger partial charge in [0.05, 0.1) is 0 Å². The molecule has 90 valence electrons. The van der Waals surface area contributed by atoms with E-state index in [0.29, 0.717) is 13.0 Å². The summed E-state index contributed by atoms with van der Waals surface area (Å²) in [5, 5.41) is 9.36. The lowest BCUT2D eigenvalue weighted by atomic mass is 9.84. The molecule has 0 aromatic heterocycles. The second-order valence-electron chi connectivity index (χ2n) is 3.34. The van der Waals surface area contributed by atoms with Gasteiger partial charge in [0.15, 0.2) is 17.6 Å². The number of hydrogen-bond donors (Lipinski definition) is 1. The lowest BCUT2D eigenvalue weighted by Crippen LogP contribution is -2.49. The van der Waals surface area contributed by atoms with Gasteiger partial charge in [-0.25, -0.2) is 8.78 Å². The van der Waals surface area contributed by atoms with Crippen LogP contribution in [0.2, 0.25) is 0 Å². The van der Waals surface area contributed by atoms with E-state index in [2.05, 4.69) is 0 Å². The van der Waals surface area contributed by atoms with Crippen LogP contribution in [-0.4, -0.2) is 28.8 Å². The van der Waals surface area contributed by atoms with Crippen molar-refractivity contribution in [1.82, 2.24) is 0 Å². The van der Waals surface area contributed by atoms with E-state index in [-0.39, 0.29) is 6.08 Å². The summed E-state index contributed by atoms with van der Waals surface area (Å²) < 4.78 is 62.9. The molecule has 0 aromatic carbocycles. The van der Waals surface area contributed by atoms with Crippen molar-refractivity contribution < 1.29 is 31.9 Å². The minimum Gasteiger partial charge on any atom is -0.375 e. The van der Waals surface area contributed by atoms with Gasteiger partial charge in [-0.15, -0.1) is 0 Å². The van der Waals surface area contributed by atoms with Gasteiger partial charge in [0.2, 0.25) is 0 Å². The molecule has 7 heteroatoms. The molecule has 0 saturated carbocycles. The van der Waals surface area contributed by atoms with Crippen molar-refractivity contribution in [1.29, 1.82) is 0 Å². The quantitative estimate of drug-likeness (QED) is 0.714. The Hall–Kier alpha value is -1.24. The Morgan fingerprint density at radius 3 is 2.38 bits per heavy atom. The van der Waals surface area contributed by atoms with Crippen molar-refractivity contribution in [2.24, 2.45) is 0 Å². The summed E-state index contributed by atoms with van der Waals surface area (Å²) in [4.78, 5) is 10.9. The second kappa shape index (κ2) is 3.65. The number of ketones is 1. The minimum absolute atomic E-state index is 0.236. The topological polar surface area (TPSA) is 37.3 Å². The molecule has 2 nitrogen and oxygen atoms in total. The van der Waals surface area contributed by atoms with Crippen molar-refractivity contribution in [3.63, 3.8) is 0 Å². The summed E-state index contributed by atoms with van der Waals surface area (Å²) in [6.07, 6.45) is -7.82. The lowest BCUT2D eigenvalue weighted by molar-refractivity contribution is -0.142. The van der Waals surface area contributed by atoms with E-state index in [0.717, 1.165) is 0 Å². The molecule has 1 aliphatic carbocycles. The molecule has 2 atom stereocenters. The van der Waals surface area contributed by atoms with Gasteiger partial charge < -0.3 is 5.11 Å². The van der Waals surface area contributed by atoms with E-state index in [1.165, 1.54) is 0 Å². The average molecular weight is 242 g/mol. The third-order valence-electron chi connectivity index (χ3n) is 2.25. The van der Waals surface area contributed by atoms with Gasteiger partial charge >= 0.3 is 6.18 Å². The van der Waals surface area contributed by atoms with Crippen LogP contribution < -0.4 is 0 Å². The second-order valence-corrected chi connectivity index (χ2v) is 3.34. The smallest absolute Gasteiger partial charge is 0.375 e. The van der Waals surface area contributed by atoms with Gasteiger partial charge in [0.25, 0.3) is 0 Å². The van der Waals surface area contributed by atoms with Crippen LogP contribution in [-0.2, 0) is 4.79 Å². The third kappa shape index (κ3) is 1.87. The van der Waals surface area contributed by atoms with Gasteiger partial charge in [-0.1, -0.05) is 0 Å². The first kappa shape index (κ1) is 12.8. The molecule has 0 heterocycles. The first-order chi connectivity index (χ1) is 7.10. The number of Topliss-reactive ketones (excluding diaryl/α,β-unsaturated/α-hetero) is 1. The fourth-order valence-electron chi connectivity index (χ4n) is 1.29. The van der Waals surface area contributed by atoms with Gasteiger partial charge in [0.1, 0.15) is 11.4 Å². The van der Waals surface area contributed by atoms with Gasteiger partial charge in [0, 0.05) is 0 Å². The highest BCUT2D eigenvalue weighted by atomic mass is 19.4. The Morgan fingerprint density at radius 1 is 1.50 bits per heavy atom. The fourth-order valence-corrected chi connectivity index (χ4v) is 1.29. The zero-order chi connectivity index (χ0) is 12.7. The Kier molecular flexibility index (Phi) is 2.93. The van der Waals surface area contributed by atoms with E-state index in [1.807, 2.05) is 0 Å². The van der Waals surface area contributed by atoms with Crippen LogP contribution in [0.25, 0.3) is 0 Å². The Morgan fingerprint density at radius 2 is 2.00 bits per heavy atom. The van der Waals surface area contributed by atoms with E-state index in [9.17, 15) is 31.9 Å². The summed E-state index contributed by atoms with van der Waals surface area (Å²) in [6.45, 7) is 0.716. The normalized spacial score (nSPS) is 30.8. The van der Waals surface area contributed by atoms with Crippen molar-refractivity contribution >= 4 is 5.78 Å². The van der Waals surface area contributed by atoms with Crippen LogP contribution in [0.4, 0.5) is 22.0 Å². The molecular weight excluding hydrogens is 235 g/mol. The van der Waals surface area contributed by atoms with Crippen molar-refractivity contribution in [2.45, 2.75) is 24.9 Å². The Balaban J connectivity index is 3.30. The number of carbonyl (C=O) groups excluding carboxylic acids is 1. The van der Waals surface area contributed by atoms with Crippen molar-refractivity contribution in [3.8, 4) is 0 Å². The summed E-state index contributed by atoms with van der Waals surface area (Å²) >= 11 is 0. The van der Waals surface area contributed by atoms with Crippen LogP contribution in [0.5, 0.6) is 0 Å². The highest BCUT2D eigenvalue weighted by molar-refractivity contribution is 5.89. The molecule has 1 N–H and O–H groups in total. The Labute approximate surface area is 87.1 Å². The highest BCUT2D eigenvalue weighted by Crippen LogP contribution is 2.40. The van der Waals surface area contributed by atoms with Crippen molar-refractivity contribution in [2.75, 3.05) is 0 Å². The van der Waals surface area contributed by atoms with Crippen LogP contribution in [0, 0.1) is 0 Å². The molecule has 0 amide bonds. The maximum absolute atomic E-state index is 13.4. The first-order valence-corrected chi connectivity index (χ1v) is 4.14. The van der Waals surface area contributed by atoms with Gasteiger partial charge in [-0.2, -0.15) is 13.2 Å². The maximum atomic E-state index is 13.4. The zero-order valence-electron chi connectivity index (χ0n) is 7.98. The highest BCUT2D eigenvalue weighted by Gasteiger charge is 2.53. The Bertz CT molecular complexity index is 382. The molecule has 0 aromatic rings. The van der Waals surface area contributed by atoms with E-state index in [4.69, 9.17) is 0 Å². The molecule has 0 spiro atoms. The molecule has 16 heavy (non-hydrogen) atoms. The first-order valence-electron chi connectivity index (χ1n) is 4.14. The molecular formula is C9H7F5O2. The van der Waals surface area contributed by atoms with Crippen molar-refractivity contribution in [3.05, 3.63) is 23.6 Å². The van der Waals surface area contributed by atoms with E-state index in [1.54, 1.807) is 0 Å². The standard InChI is InChI=1S/C9H7F5O2/c1-4(15)8(16)3-2-5(10)6(7(8)11)9(12,13)14/h2-3,7,16H,1H3/t7-,8-/m0/s1. The number of rotatable bonds is 1. The number of allylic oxidation sites excluding steroid dienone is 2. The average Bonchev–Trinajstić information content (AvgIpc) is 2.09. The number of hydrogen-bond acceptors (Lipinski definition) is 2. The monoisotopic (exact) mass is 242 g/mol. The molecule has 0 fully saturated rings.